The number of aromatic carboxylic acids is 1. The summed E-state index contributed by atoms with van der Waals surface area (Å²) in [4.78, 5) is 24.2. The van der Waals surface area contributed by atoms with Gasteiger partial charge in [0.05, 0.1) is 18.0 Å². The molecule has 0 radical (unpaired) electrons. The van der Waals surface area contributed by atoms with E-state index in [1.54, 1.807) is 0 Å². The zero-order valence-electron chi connectivity index (χ0n) is 14.7. The third kappa shape index (κ3) is 2.68. The number of hydrogen-bond acceptors (Lipinski definition) is 3. The number of carbonyl (C=O) groups is 1. The number of hydrogen-bond donors (Lipinski definition) is 1. The van der Waals surface area contributed by atoms with Crippen LogP contribution in [0.5, 0.6) is 5.75 Å². The monoisotopic (exact) mass is 359 g/mol. The van der Waals surface area contributed by atoms with Crippen molar-refractivity contribution in [1.82, 2.24) is 4.57 Å². The summed E-state index contributed by atoms with van der Waals surface area (Å²) in [6, 6.07) is 2.47. The highest BCUT2D eigenvalue weighted by atomic mass is 19.1. The SMILES string of the molecule is COc1cc(F)cc2c(=O)c(C(=O)O)cn(C3CC4CCCCC4C3)c12. The molecule has 138 valence electrons. The number of nitrogens with zero attached hydrogens (tertiary/aromatic N) is 1. The number of ether oxygens (including phenoxy) is 1. The van der Waals surface area contributed by atoms with Gasteiger partial charge >= 0.3 is 5.97 Å². The van der Waals surface area contributed by atoms with E-state index < -0.39 is 17.2 Å². The summed E-state index contributed by atoms with van der Waals surface area (Å²) in [5.41, 5.74) is -0.496. The van der Waals surface area contributed by atoms with E-state index in [4.69, 9.17) is 4.74 Å². The van der Waals surface area contributed by atoms with E-state index >= 15 is 0 Å². The molecule has 1 aromatic heterocycles. The molecule has 1 heterocycles. The van der Waals surface area contributed by atoms with Crippen molar-refractivity contribution in [2.75, 3.05) is 7.11 Å². The lowest BCUT2D eigenvalue weighted by atomic mass is 9.82. The number of rotatable bonds is 3. The summed E-state index contributed by atoms with van der Waals surface area (Å²) in [5.74, 6) is -0.347. The summed E-state index contributed by atoms with van der Waals surface area (Å²) < 4.78 is 21.2. The lowest BCUT2D eigenvalue weighted by Gasteiger charge is -2.23. The Morgan fingerprint density at radius 1 is 1.23 bits per heavy atom. The van der Waals surface area contributed by atoms with Gasteiger partial charge in [-0.1, -0.05) is 25.7 Å². The molecular formula is C20H22FNO4. The van der Waals surface area contributed by atoms with Gasteiger partial charge in [-0.05, 0) is 30.7 Å². The van der Waals surface area contributed by atoms with Crippen LogP contribution in [-0.2, 0) is 0 Å². The van der Waals surface area contributed by atoms with Crippen molar-refractivity contribution < 1.29 is 19.0 Å². The number of aromatic nitrogens is 1. The molecular weight excluding hydrogens is 337 g/mol. The summed E-state index contributed by atoms with van der Waals surface area (Å²) in [6.07, 6.45) is 8.25. The van der Waals surface area contributed by atoms with Crippen LogP contribution in [0.4, 0.5) is 4.39 Å². The standard InChI is InChI=1S/C20H22FNO4/c1-26-17-9-13(21)8-15-18(17)22(10-16(19(15)23)20(24)25)14-6-11-4-2-3-5-12(11)7-14/h8-12,14H,2-7H2,1H3,(H,24,25). The zero-order chi connectivity index (χ0) is 18.4. The molecule has 2 atom stereocenters. The Kier molecular flexibility index (Phi) is 4.21. The molecule has 26 heavy (non-hydrogen) atoms. The molecule has 2 aromatic rings. The molecule has 0 saturated heterocycles. The van der Waals surface area contributed by atoms with Gasteiger partial charge in [-0.2, -0.15) is 0 Å². The smallest absolute Gasteiger partial charge is 0.341 e. The van der Waals surface area contributed by atoms with Crippen LogP contribution in [-0.4, -0.2) is 22.8 Å². The van der Waals surface area contributed by atoms with Crippen molar-refractivity contribution in [2.24, 2.45) is 11.8 Å². The first-order valence-corrected chi connectivity index (χ1v) is 9.15. The fourth-order valence-corrected chi connectivity index (χ4v) is 4.94. The first-order chi connectivity index (χ1) is 12.5. The Morgan fingerprint density at radius 2 is 1.88 bits per heavy atom. The number of carboxylic acid groups (broad SMARTS) is 1. The Bertz CT molecular complexity index is 922. The first kappa shape index (κ1) is 17.1. The predicted molar refractivity (Wildman–Crippen MR) is 95.4 cm³/mol. The van der Waals surface area contributed by atoms with E-state index in [9.17, 15) is 19.1 Å². The summed E-state index contributed by atoms with van der Waals surface area (Å²) in [5, 5.41) is 9.52. The summed E-state index contributed by atoms with van der Waals surface area (Å²) in [6.45, 7) is 0. The first-order valence-electron chi connectivity index (χ1n) is 9.15. The van der Waals surface area contributed by atoms with E-state index in [2.05, 4.69) is 0 Å². The maximum absolute atomic E-state index is 14.0. The fraction of sp³-hybridized carbons (Fsp3) is 0.500. The van der Waals surface area contributed by atoms with E-state index in [-0.39, 0.29) is 22.7 Å². The van der Waals surface area contributed by atoms with Crippen molar-refractivity contribution in [3.05, 3.63) is 39.9 Å². The van der Waals surface area contributed by atoms with Crippen molar-refractivity contribution in [3.8, 4) is 5.75 Å². The Hall–Kier alpha value is -2.37. The van der Waals surface area contributed by atoms with E-state index in [0.29, 0.717) is 17.4 Å². The van der Waals surface area contributed by atoms with Crippen LogP contribution >= 0.6 is 0 Å². The highest BCUT2D eigenvalue weighted by molar-refractivity contribution is 5.94. The highest BCUT2D eigenvalue weighted by Gasteiger charge is 2.37. The van der Waals surface area contributed by atoms with Gasteiger partial charge in [-0.25, -0.2) is 9.18 Å². The van der Waals surface area contributed by atoms with Gasteiger partial charge in [0.15, 0.2) is 0 Å². The number of halogens is 1. The molecule has 1 N–H and O–H groups in total. The molecule has 4 rings (SSSR count). The molecule has 0 amide bonds. The number of pyridine rings is 1. The van der Waals surface area contributed by atoms with Gasteiger partial charge in [0, 0.05) is 18.3 Å². The topological polar surface area (TPSA) is 68.5 Å². The minimum Gasteiger partial charge on any atom is -0.494 e. The fourth-order valence-electron chi connectivity index (χ4n) is 4.94. The van der Waals surface area contributed by atoms with Crippen LogP contribution in [0.3, 0.4) is 0 Å². The van der Waals surface area contributed by atoms with Crippen LogP contribution in [0.1, 0.15) is 54.9 Å². The summed E-state index contributed by atoms with van der Waals surface area (Å²) >= 11 is 0. The van der Waals surface area contributed by atoms with Crippen molar-refractivity contribution in [1.29, 1.82) is 0 Å². The van der Waals surface area contributed by atoms with Crippen LogP contribution in [0.2, 0.25) is 0 Å². The van der Waals surface area contributed by atoms with Gasteiger partial charge in [0.2, 0.25) is 5.43 Å². The van der Waals surface area contributed by atoms with Crippen molar-refractivity contribution in [3.63, 3.8) is 0 Å². The second-order valence-corrected chi connectivity index (χ2v) is 7.52. The molecule has 0 spiro atoms. The number of carboxylic acids is 1. The summed E-state index contributed by atoms with van der Waals surface area (Å²) in [7, 11) is 1.43. The van der Waals surface area contributed by atoms with Gasteiger partial charge in [-0.15, -0.1) is 0 Å². The predicted octanol–water partition coefficient (Wildman–Crippen LogP) is 3.99. The molecule has 2 aliphatic rings. The van der Waals surface area contributed by atoms with E-state index in [1.165, 1.54) is 45.1 Å². The second kappa shape index (κ2) is 6.41. The van der Waals surface area contributed by atoms with E-state index in [1.807, 2.05) is 4.57 Å². The second-order valence-electron chi connectivity index (χ2n) is 7.52. The quantitative estimate of drug-likeness (QED) is 0.900. The Balaban J connectivity index is 1.94. The van der Waals surface area contributed by atoms with Crippen molar-refractivity contribution in [2.45, 2.75) is 44.6 Å². The minimum atomic E-state index is -1.29. The molecule has 2 fully saturated rings. The molecule has 0 bridgehead atoms. The minimum absolute atomic E-state index is 0.0663. The zero-order valence-corrected chi connectivity index (χ0v) is 14.7. The van der Waals surface area contributed by atoms with Gasteiger partial charge in [0.25, 0.3) is 0 Å². The highest BCUT2D eigenvalue weighted by Crippen LogP contribution is 2.48. The number of benzene rings is 1. The molecule has 0 aliphatic heterocycles. The molecule has 2 aliphatic carbocycles. The average molecular weight is 359 g/mol. The van der Waals surface area contributed by atoms with Crippen LogP contribution in [0, 0.1) is 17.7 Å². The Morgan fingerprint density at radius 3 is 2.46 bits per heavy atom. The largest absolute Gasteiger partial charge is 0.494 e. The molecule has 1 aromatic carbocycles. The van der Waals surface area contributed by atoms with E-state index in [0.717, 1.165) is 18.9 Å². The van der Waals surface area contributed by atoms with Gasteiger partial charge < -0.3 is 14.4 Å². The third-order valence-electron chi connectivity index (χ3n) is 6.12. The maximum atomic E-state index is 14.0. The van der Waals surface area contributed by atoms with Crippen LogP contribution in [0.25, 0.3) is 10.9 Å². The maximum Gasteiger partial charge on any atom is 0.341 e. The number of fused-ring (bicyclic) bond motifs is 2. The molecule has 5 nitrogen and oxygen atoms in total. The van der Waals surface area contributed by atoms with Crippen LogP contribution in [0.15, 0.2) is 23.1 Å². The Labute approximate surface area is 150 Å². The van der Waals surface area contributed by atoms with Crippen LogP contribution < -0.4 is 10.2 Å². The normalized spacial score (nSPS) is 25.2. The molecule has 6 heteroatoms. The lowest BCUT2D eigenvalue weighted by Crippen LogP contribution is -2.21. The number of methoxy groups -OCH3 is 1. The third-order valence-corrected chi connectivity index (χ3v) is 6.12. The molecule has 2 saturated carbocycles. The van der Waals surface area contributed by atoms with Crippen molar-refractivity contribution >= 4 is 16.9 Å². The van der Waals surface area contributed by atoms with Gasteiger partial charge in [-0.3, -0.25) is 4.79 Å². The lowest BCUT2D eigenvalue weighted by molar-refractivity contribution is 0.0694. The van der Waals surface area contributed by atoms with Gasteiger partial charge in [0.1, 0.15) is 17.1 Å². The average Bonchev–Trinajstić information content (AvgIpc) is 3.05. The molecule has 2 unspecified atom stereocenters.